The van der Waals surface area contributed by atoms with Gasteiger partial charge in [0.2, 0.25) is 5.91 Å². The van der Waals surface area contributed by atoms with Crippen molar-refractivity contribution in [3.8, 4) is 0 Å². The number of pyridine rings is 1. The number of nitrogens with one attached hydrogen (secondary N) is 2. The number of aryl methyl sites for hydroxylation is 1. The van der Waals surface area contributed by atoms with E-state index >= 15 is 0 Å². The largest absolute Gasteiger partial charge is 0.433 e. The van der Waals surface area contributed by atoms with Gasteiger partial charge in [0.1, 0.15) is 17.7 Å². The molecule has 0 bridgehead atoms. The number of aromatic nitrogens is 1. The van der Waals surface area contributed by atoms with Crippen LogP contribution in [-0.2, 0) is 27.4 Å². The maximum Gasteiger partial charge on any atom is 0.433 e. The summed E-state index contributed by atoms with van der Waals surface area (Å²) >= 11 is 0. The van der Waals surface area contributed by atoms with Gasteiger partial charge >= 0.3 is 6.18 Å². The van der Waals surface area contributed by atoms with Crippen LogP contribution in [0.5, 0.6) is 0 Å². The van der Waals surface area contributed by atoms with E-state index in [1.165, 1.54) is 24.3 Å². The van der Waals surface area contributed by atoms with Gasteiger partial charge in [0.25, 0.3) is 0 Å². The van der Waals surface area contributed by atoms with E-state index in [4.69, 9.17) is 5.73 Å². The Kier molecular flexibility index (Phi) is 8.16. The highest BCUT2D eigenvalue weighted by Gasteiger charge is 2.33. The number of nitrogens with two attached hydrogens (primary N) is 1. The van der Waals surface area contributed by atoms with E-state index in [2.05, 4.69) is 15.6 Å². The number of halogens is 3. The van der Waals surface area contributed by atoms with Crippen molar-refractivity contribution in [1.82, 2.24) is 10.3 Å². The van der Waals surface area contributed by atoms with Gasteiger partial charge in [0.15, 0.2) is 9.84 Å². The van der Waals surface area contributed by atoms with Crippen molar-refractivity contribution in [2.75, 3.05) is 11.6 Å². The highest BCUT2D eigenvalue weighted by atomic mass is 32.2. The summed E-state index contributed by atoms with van der Waals surface area (Å²) in [6.07, 6.45) is -1.99. The lowest BCUT2D eigenvalue weighted by atomic mass is 10.1. The Labute approximate surface area is 207 Å². The second-order valence-electron chi connectivity index (χ2n) is 8.09. The first-order chi connectivity index (χ1) is 16.8. The Balaban J connectivity index is 1.76. The van der Waals surface area contributed by atoms with Gasteiger partial charge < -0.3 is 16.4 Å². The minimum atomic E-state index is -4.62. The number of alkyl halides is 3. The Morgan fingerprint density at radius 3 is 2.42 bits per heavy atom. The second kappa shape index (κ2) is 10.9. The molecule has 2 aromatic carbocycles. The summed E-state index contributed by atoms with van der Waals surface area (Å²) in [5, 5.41) is 5.43. The zero-order valence-corrected chi connectivity index (χ0v) is 20.3. The van der Waals surface area contributed by atoms with Crippen molar-refractivity contribution >= 4 is 27.6 Å². The normalized spacial score (nSPS) is 12.9. The molecule has 0 spiro atoms. The average Bonchev–Trinajstić information content (AvgIpc) is 2.80. The Hall–Kier alpha value is -3.70. The van der Waals surface area contributed by atoms with Crippen molar-refractivity contribution in [2.24, 2.45) is 5.73 Å². The molecule has 11 heteroatoms. The predicted octanol–water partition coefficient (Wildman–Crippen LogP) is 4.21. The second-order valence-corrected chi connectivity index (χ2v) is 10.1. The molecule has 0 aliphatic carbocycles. The fourth-order valence-electron chi connectivity index (χ4n) is 3.42. The van der Waals surface area contributed by atoms with E-state index in [9.17, 15) is 26.4 Å². The number of carbonyl (C=O) groups is 1. The highest BCUT2D eigenvalue weighted by Crippen LogP contribution is 2.30. The van der Waals surface area contributed by atoms with Gasteiger partial charge in [-0.1, -0.05) is 42.5 Å². The van der Waals surface area contributed by atoms with Gasteiger partial charge in [-0.3, -0.25) is 4.79 Å². The van der Waals surface area contributed by atoms with Gasteiger partial charge in [-0.25, -0.2) is 13.4 Å². The van der Waals surface area contributed by atoms with E-state index in [0.29, 0.717) is 11.1 Å². The number of carbonyl (C=O) groups excluding carboxylic acids is 1. The van der Waals surface area contributed by atoms with Crippen LogP contribution in [0.4, 0.5) is 19.0 Å². The Morgan fingerprint density at radius 2 is 1.81 bits per heavy atom. The number of anilines is 1. The van der Waals surface area contributed by atoms with Gasteiger partial charge in [-0.05, 0) is 47.9 Å². The number of rotatable bonds is 8. The van der Waals surface area contributed by atoms with Gasteiger partial charge in [-0.15, -0.1) is 0 Å². The lowest BCUT2D eigenvalue weighted by Gasteiger charge is -2.15. The van der Waals surface area contributed by atoms with Crippen molar-refractivity contribution in [1.29, 1.82) is 0 Å². The van der Waals surface area contributed by atoms with Crippen LogP contribution in [-0.4, -0.2) is 25.6 Å². The number of hydrogen-bond acceptors (Lipinski definition) is 6. The molecule has 1 heterocycles. The van der Waals surface area contributed by atoms with E-state index < -0.39 is 33.8 Å². The van der Waals surface area contributed by atoms with Crippen molar-refractivity contribution in [3.63, 3.8) is 0 Å². The molecular formula is C25H25F3N4O3S. The van der Waals surface area contributed by atoms with Crippen molar-refractivity contribution in [2.45, 2.75) is 30.7 Å². The van der Waals surface area contributed by atoms with Crippen LogP contribution < -0.4 is 16.4 Å². The summed E-state index contributed by atoms with van der Waals surface area (Å²) in [5.74, 6) is -0.629. The molecule has 7 nitrogen and oxygen atoms in total. The predicted molar refractivity (Wildman–Crippen MR) is 131 cm³/mol. The molecule has 0 aliphatic heterocycles. The lowest BCUT2D eigenvalue weighted by Crippen LogP contribution is -2.33. The van der Waals surface area contributed by atoms with Gasteiger partial charge in [0.05, 0.1) is 4.90 Å². The minimum absolute atomic E-state index is 0.0333. The van der Waals surface area contributed by atoms with E-state index in [0.717, 1.165) is 24.0 Å². The molecule has 0 radical (unpaired) electrons. The van der Waals surface area contributed by atoms with E-state index in [1.807, 2.05) is 18.2 Å². The average molecular weight is 519 g/mol. The van der Waals surface area contributed by atoms with Crippen LogP contribution in [0.15, 0.2) is 71.6 Å². The van der Waals surface area contributed by atoms with Gasteiger partial charge in [-0.2, -0.15) is 13.2 Å². The molecule has 0 saturated heterocycles. The van der Waals surface area contributed by atoms with E-state index in [1.54, 1.807) is 25.1 Å². The minimum Gasteiger partial charge on any atom is -0.365 e. The van der Waals surface area contributed by atoms with Crippen LogP contribution in [0.3, 0.4) is 0 Å². The topological polar surface area (TPSA) is 114 Å². The molecule has 4 N–H and O–H groups in total. The monoisotopic (exact) mass is 518 g/mol. The van der Waals surface area contributed by atoms with E-state index in [-0.39, 0.29) is 22.8 Å². The molecule has 0 saturated carbocycles. The maximum absolute atomic E-state index is 13.2. The molecule has 1 aromatic heterocycles. The summed E-state index contributed by atoms with van der Waals surface area (Å²) in [6.45, 7) is 1.85. The molecule has 1 unspecified atom stereocenters. The third-order valence-corrected chi connectivity index (χ3v) is 6.45. The fraction of sp³-hybridized carbons (Fsp3) is 0.200. The third-order valence-electron chi connectivity index (χ3n) is 5.19. The standard InChI is InChI=1S/C25H25F3N4O3S/c1-16-14-19(8-11-20(16)36(2,34)35)23(29)32-22(33)13-10-18-9-12-21(25(26,27)28)31-24(18)30-15-17-6-4-3-5-7-17/h3-14,23H,15,29H2,1-2H3,(H,30,31)(H,32,33). The third kappa shape index (κ3) is 7.15. The highest BCUT2D eigenvalue weighted by molar-refractivity contribution is 7.90. The smallest absolute Gasteiger partial charge is 0.365 e. The molecule has 0 aliphatic rings. The number of hydrogen-bond donors (Lipinski definition) is 3. The molecule has 1 atom stereocenters. The molecule has 3 rings (SSSR count). The lowest BCUT2D eigenvalue weighted by molar-refractivity contribution is -0.141. The molecule has 3 aromatic rings. The fourth-order valence-corrected chi connectivity index (χ4v) is 4.38. The Bertz CT molecular complexity index is 1380. The molecule has 190 valence electrons. The number of benzene rings is 2. The first kappa shape index (κ1) is 26.9. The van der Waals surface area contributed by atoms with Crippen LogP contribution in [0.25, 0.3) is 6.08 Å². The SMILES string of the molecule is Cc1cc(C(N)NC(=O)C=Cc2ccc(C(F)(F)F)nc2NCc2ccccc2)ccc1S(C)(=O)=O. The van der Waals surface area contributed by atoms with Gasteiger partial charge in [0, 0.05) is 24.4 Å². The summed E-state index contributed by atoms with van der Waals surface area (Å²) < 4.78 is 63.1. The first-order valence-electron chi connectivity index (χ1n) is 10.8. The number of nitrogens with zero attached hydrogens (tertiary/aromatic N) is 1. The summed E-state index contributed by atoms with van der Waals surface area (Å²) in [7, 11) is -3.40. The number of amides is 1. The summed E-state index contributed by atoms with van der Waals surface area (Å²) in [5.41, 5.74) is 7.07. The maximum atomic E-state index is 13.2. The Morgan fingerprint density at radius 1 is 1.11 bits per heavy atom. The summed E-state index contributed by atoms with van der Waals surface area (Å²) in [4.78, 5) is 16.3. The van der Waals surface area contributed by atoms with Crippen LogP contribution in [0.1, 0.15) is 34.1 Å². The van der Waals surface area contributed by atoms with Crippen molar-refractivity contribution < 1.29 is 26.4 Å². The zero-order valence-electron chi connectivity index (χ0n) is 19.5. The first-order valence-corrected chi connectivity index (χ1v) is 12.6. The summed E-state index contributed by atoms with van der Waals surface area (Å²) in [6, 6.07) is 15.6. The zero-order chi connectivity index (χ0) is 26.5. The number of sulfone groups is 1. The quantitative estimate of drug-likeness (QED) is 0.304. The van der Waals surface area contributed by atoms with Crippen molar-refractivity contribution in [3.05, 3.63) is 94.7 Å². The van der Waals surface area contributed by atoms with Crippen LogP contribution in [0, 0.1) is 6.92 Å². The van der Waals surface area contributed by atoms with Crippen LogP contribution in [0.2, 0.25) is 0 Å². The molecule has 36 heavy (non-hydrogen) atoms. The molecular weight excluding hydrogens is 493 g/mol. The molecule has 1 amide bonds. The molecule has 0 fully saturated rings. The van der Waals surface area contributed by atoms with Crippen LogP contribution >= 0.6 is 0 Å².